The fourth-order valence-corrected chi connectivity index (χ4v) is 2.01. The Labute approximate surface area is 118 Å². The van der Waals surface area contributed by atoms with Crippen molar-refractivity contribution in [1.29, 1.82) is 0 Å². The molecule has 2 rings (SSSR count). The molecule has 0 saturated carbocycles. The lowest BCUT2D eigenvalue weighted by molar-refractivity contribution is -0.117. The number of rotatable bonds is 3. The number of piperidine rings is 1. The van der Waals surface area contributed by atoms with Crippen LogP contribution in [-0.4, -0.2) is 25.0 Å². The van der Waals surface area contributed by atoms with Gasteiger partial charge in [-0.15, -0.1) is 12.4 Å². The van der Waals surface area contributed by atoms with Crippen LogP contribution in [0.4, 0.5) is 4.39 Å². The van der Waals surface area contributed by atoms with E-state index in [1.165, 1.54) is 18.2 Å². The van der Waals surface area contributed by atoms with Gasteiger partial charge >= 0.3 is 0 Å². The Morgan fingerprint density at radius 2 is 2.32 bits per heavy atom. The van der Waals surface area contributed by atoms with Crippen molar-refractivity contribution >= 4 is 24.4 Å². The lowest BCUT2D eigenvalue weighted by Crippen LogP contribution is -2.45. The van der Waals surface area contributed by atoms with E-state index < -0.39 is 0 Å². The number of hydrogen-bond acceptors (Lipinski definition) is 2. The molecule has 1 aromatic carbocycles. The first-order valence-corrected chi connectivity index (χ1v) is 6.19. The standard InChI is InChI=1S/C14H17FN2O.ClH/c15-12-4-1-3-11(9-12)6-7-14(18)17-13-5-2-8-16-10-13;/h1,3-4,6-7,9,13,16H,2,5,8,10H2,(H,17,18);1H. The lowest BCUT2D eigenvalue weighted by atomic mass is 10.1. The van der Waals surface area contributed by atoms with Crippen LogP contribution in [0.25, 0.3) is 6.08 Å². The molecule has 1 heterocycles. The average molecular weight is 285 g/mol. The molecule has 0 radical (unpaired) electrons. The number of carbonyl (C=O) groups excluding carboxylic acids is 1. The van der Waals surface area contributed by atoms with Crippen LogP contribution >= 0.6 is 12.4 Å². The molecule has 3 nitrogen and oxygen atoms in total. The summed E-state index contributed by atoms with van der Waals surface area (Å²) in [5.74, 6) is -0.429. The van der Waals surface area contributed by atoms with Gasteiger partial charge in [0, 0.05) is 18.7 Å². The third-order valence-electron chi connectivity index (χ3n) is 2.92. The minimum Gasteiger partial charge on any atom is -0.349 e. The Bertz CT molecular complexity index is 445. The highest BCUT2D eigenvalue weighted by Crippen LogP contribution is 2.05. The molecule has 0 aromatic heterocycles. The zero-order chi connectivity index (χ0) is 12.8. The summed E-state index contributed by atoms with van der Waals surface area (Å²) < 4.78 is 12.9. The summed E-state index contributed by atoms with van der Waals surface area (Å²) in [5.41, 5.74) is 0.687. The van der Waals surface area contributed by atoms with Crippen molar-refractivity contribution in [2.75, 3.05) is 13.1 Å². The summed E-state index contributed by atoms with van der Waals surface area (Å²) in [4.78, 5) is 11.7. The van der Waals surface area contributed by atoms with Crippen LogP contribution in [-0.2, 0) is 4.79 Å². The molecule has 19 heavy (non-hydrogen) atoms. The SMILES string of the molecule is Cl.O=C(C=Cc1cccc(F)c1)NC1CCCNC1. The molecule has 0 spiro atoms. The molecular weight excluding hydrogens is 267 g/mol. The second-order valence-corrected chi connectivity index (χ2v) is 4.44. The van der Waals surface area contributed by atoms with Gasteiger partial charge in [0.25, 0.3) is 0 Å². The zero-order valence-electron chi connectivity index (χ0n) is 10.6. The minimum absolute atomic E-state index is 0. The monoisotopic (exact) mass is 284 g/mol. The van der Waals surface area contributed by atoms with Gasteiger partial charge in [0.2, 0.25) is 5.91 Å². The summed E-state index contributed by atoms with van der Waals surface area (Å²) in [6, 6.07) is 6.35. The third kappa shape index (κ3) is 5.41. The van der Waals surface area contributed by atoms with Crippen molar-refractivity contribution in [2.45, 2.75) is 18.9 Å². The Balaban J connectivity index is 0.00000180. The molecule has 5 heteroatoms. The van der Waals surface area contributed by atoms with Crippen LogP contribution in [0.2, 0.25) is 0 Å². The van der Waals surface area contributed by atoms with E-state index in [-0.39, 0.29) is 30.2 Å². The van der Waals surface area contributed by atoms with Crippen molar-refractivity contribution in [3.8, 4) is 0 Å². The first kappa shape index (κ1) is 15.7. The average Bonchev–Trinajstić information content (AvgIpc) is 2.38. The molecule has 1 unspecified atom stereocenters. The van der Waals surface area contributed by atoms with Crippen molar-refractivity contribution in [2.24, 2.45) is 0 Å². The molecule has 1 aliphatic heterocycles. The number of carbonyl (C=O) groups is 1. The van der Waals surface area contributed by atoms with E-state index in [1.807, 2.05) is 0 Å². The molecule has 1 atom stereocenters. The lowest BCUT2D eigenvalue weighted by Gasteiger charge is -2.23. The molecule has 1 aromatic rings. The van der Waals surface area contributed by atoms with E-state index in [2.05, 4.69) is 10.6 Å². The number of halogens is 2. The summed E-state index contributed by atoms with van der Waals surface area (Å²) in [5, 5.41) is 6.15. The first-order valence-electron chi connectivity index (χ1n) is 6.19. The van der Waals surface area contributed by atoms with Gasteiger partial charge in [-0.3, -0.25) is 4.79 Å². The van der Waals surface area contributed by atoms with E-state index >= 15 is 0 Å². The molecule has 1 aliphatic rings. The second kappa shape index (κ2) is 7.92. The van der Waals surface area contributed by atoms with Crippen LogP contribution < -0.4 is 10.6 Å². The number of hydrogen-bond donors (Lipinski definition) is 2. The van der Waals surface area contributed by atoms with E-state index in [0.29, 0.717) is 5.56 Å². The molecule has 104 valence electrons. The van der Waals surface area contributed by atoms with Crippen LogP contribution in [0.15, 0.2) is 30.3 Å². The largest absolute Gasteiger partial charge is 0.349 e. The van der Waals surface area contributed by atoms with Crippen LogP contribution in [0.5, 0.6) is 0 Å². The predicted molar refractivity (Wildman–Crippen MR) is 76.7 cm³/mol. The fraction of sp³-hybridized carbons (Fsp3) is 0.357. The van der Waals surface area contributed by atoms with Gasteiger partial charge in [-0.1, -0.05) is 12.1 Å². The number of benzene rings is 1. The molecule has 1 saturated heterocycles. The highest BCUT2D eigenvalue weighted by Gasteiger charge is 2.13. The van der Waals surface area contributed by atoms with Crippen LogP contribution in [0, 0.1) is 5.82 Å². The Morgan fingerprint density at radius 1 is 1.47 bits per heavy atom. The summed E-state index contributed by atoms with van der Waals surface area (Å²) >= 11 is 0. The van der Waals surface area contributed by atoms with Crippen molar-refractivity contribution in [1.82, 2.24) is 10.6 Å². The number of nitrogens with one attached hydrogen (secondary N) is 2. The highest BCUT2D eigenvalue weighted by atomic mass is 35.5. The topological polar surface area (TPSA) is 41.1 Å². The molecule has 2 N–H and O–H groups in total. The van der Waals surface area contributed by atoms with Crippen molar-refractivity contribution in [3.05, 3.63) is 41.7 Å². The molecular formula is C14H18ClFN2O. The van der Waals surface area contributed by atoms with E-state index in [1.54, 1.807) is 18.2 Å². The van der Waals surface area contributed by atoms with Gasteiger partial charge in [-0.25, -0.2) is 4.39 Å². The van der Waals surface area contributed by atoms with Crippen LogP contribution in [0.1, 0.15) is 18.4 Å². The van der Waals surface area contributed by atoms with Crippen molar-refractivity contribution in [3.63, 3.8) is 0 Å². The zero-order valence-corrected chi connectivity index (χ0v) is 11.4. The van der Waals surface area contributed by atoms with E-state index in [0.717, 1.165) is 25.9 Å². The van der Waals surface area contributed by atoms with Gasteiger partial charge in [-0.2, -0.15) is 0 Å². The molecule has 1 fully saturated rings. The van der Waals surface area contributed by atoms with Crippen LogP contribution in [0.3, 0.4) is 0 Å². The highest BCUT2D eigenvalue weighted by molar-refractivity contribution is 5.91. The number of amides is 1. The quantitative estimate of drug-likeness (QED) is 0.835. The normalized spacial score (nSPS) is 18.9. The fourth-order valence-electron chi connectivity index (χ4n) is 2.01. The first-order chi connectivity index (χ1) is 8.74. The smallest absolute Gasteiger partial charge is 0.244 e. The molecule has 0 aliphatic carbocycles. The van der Waals surface area contributed by atoms with E-state index in [4.69, 9.17) is 0 Å². The van der Waals surface area contributed by atoms with Gasteiger partial charge in [0.05, 0.1) is 0 Å². The third-order valence-corrected chi connectivity index (χ3v) is 2.92. The maximum Gasteiger partial charge on any atom is 0.244 e. The summed E-state index contributed by atoms with van der Waals surface area (Å²) in [6.45, 7) is 1.84. The van der Waals surface area contributed by atoms with Crippen molar-refractivity contribution < 1.29 is 9.18 Å². The summed E-state index contributed by atoms with van der Waals surface area (Å²) in [6.07, 6.45) is 5.16. The van der Waals surface area contributed by atoms with Gasteiger partial charge in [0.1, 0.15) is 5.82 Å². The van der Waals surface area contributed by atoms with Gasteiger partial charge in [0.15, 0.2) is 0 Å². The molecule has 1 amide bonds. The predicted octanol–water partition coefficient (Wildman–Crippen LogP) is 2.13. The Morgan fingerprint density at radius 3 is 3.00 bits per heavy atom. The molecule has 0 bridgehead atoms. The summed E-state index contributed by atoms with van der Waals surface area (Å²) in [7, 11) is 0. The van der Waals surface area contributed by atoms with Gasteiger partial charge < -0.3 is 10.6 Å². The maximum atomic E-state index is 12.9. The Hall–Kier alpha value is -1.39. The maximum absolute atomic E-state index is 12.9. The Kier molecular flexibility index (Phi) is 6.53. The van der Waals surface area contributed by atoms with Gasteiger partial charge in [-0.05, 0) is 43.2 Å². The minimum atomic E-state index is -0.297. The van der Waals surface area contributed by atoms with E-state index in [9.17, 15) is 9.18 Å². The second-order valence-electron chi connectivity index (χ2n) is 4.44.